The zero-order valence-electron chi connectivity index (χ0n) is 11.3. The Hall–Kier alpha value is -1.52. The summed E-state index contributed by atoms with van der Waals surface area (Å²) in [5.41, 5.74) is 1.27. The molecule has 0 aliphatic carbocycles. The Balaban J connectivity index is 1.72. The third-order valence-corrected chi connectivity index (χ3v) is 4.08. The van der Waals surface area contributed by atoms with E-state index in [-0.39, 0.29) is 10.6 Å². The van der Waals surface area contributed by atoms with Gasteiger partial charge in [0.05, 0.1) is 5.56 Å². The number of halogens is 2. The van der Waals surface area contributed by atoms with Gasteiger partial charge in [-0.15, -0.1) is 0 Å². The highest BCUT2D eigenvalue weighted by molar-refractivity contribution is 7.98. The van der Waals surface area contributed by atoms with E-state index in [0.29, 0.717) is 6.54 Å². The lowest BCUT2D eigenvalue weighted by Crippen LogP contribution is -2.26. The van der Waals surface area contributed by atoms with E-state index in [4.69, 9.17) is 11.6 Å². The third-order valence-electron chi connectivity index (χ3n) is 2.82. The molecule has 21 heavy (non-hydrogen) atoms. The average molecular weight is 324 g/mol. The maximum absolute atomic E-state index is 13.5. The first-order chi connectivity index (χ1) is 10.2. The Morgan fingerprint density at radius 1 is 1.19 bits per heavy atom. The second kappa shape index (κ2) is 8.05. The Bertz CT molecular complexity index is 606. The van der Waals surface area contributed by atoms with E-state index in [2.05, 4.69) is 17.4 Å². The molecule has 2 rings (SSSR count). The van der Waals surface area contributed by atoms with Crippen molar-refractivity contribution >= 4 is 29.3 Å². The summed E-state index contributed by atoms with van der Waals surface area (Å²) in [5, 5.41) is 2.98. The van der Waals surface area contributed by atoms with Crippen molar-refractivity contribution in [2.24, 2.45) is 0 Å². The summed E-state index contributed by atoms with van der Waals surface area (Å²) >= 11 is 7.37. The highest BCUT2D eigenvalue weighted by atomic mass is 35.5. The van der Waals surface area contributed by atoms with Crippen LogP contribution >= 0.6 is 23.4 Å². The molecule has 0 aliphatic heterocycles. The molecule has 0 unspecified atom stereocenters. The van der Waals surface area contributed by atoms with Crippen LogP contribution in [0.25, 0.3) is 0 Å². The minimum absolute atomic E-state index is 0.0208. The molecular formula is C16H15ClFNOS. The predicted octanol–water partition coefficient (Wildman–Crippen LogP) is 4.14. The molecule has 110 valence electrons. The number of hydrogen-bond donors (Lipinski definition) is 1. The number of benzene rings is 2. The van der Waals surface area contributed by atoms with Crippen LogP contribution in [0.15, 0.2) is 48.5 Å². The monoisotopic (exact) mass is 323 g/mol. The van der Waals surface area contributed by atoms with Gasteiger partial charge >= 0.3 is 0 Å². The summed E-state index contributed by atoms with van der Waals surface area (Å²) in [6.45, 7) is 0.498. The van der Waals surface area contributed by atoms with Crippen molar-refractivity contribution in [3.05, 3.63) is 70.5 Å². The maximum Gasteiger partial charge on any atom is 0.254 e. The van der Waals surface area contributed by atoms with Crippen molar-refractivity contribution in [1.82, 2.24) is 5.32 Å². The van der Waals surface area contributed by atoms with E-state index in [1.807, 2.05) is 18.2 Å². The fraction of sp³-hybridized carbons (Fsp3) is 0.188. The summed E-state index contributed by atoms with van der Waals surface area (Å²) in [6, 6.07) is 14.1. The summed E-state index contributed by atoms with van der Waals surface area (Å²) in [7, 11) is 0. The minimum atomic E-state index is -0.600. The van der Waals surface area contributed by atoms with Crippen LogP contribution in [0.2, 0.25) is 5.02 Å². The van der Waals surface area contributed by atoms with Gasteiger partial charge in [-0.1, -0.05) is 41.9 Å². The second-order valence-electron chi connectivity index (χ2n) is 4.42. The number of amides is 1. The molecule has 1 N–H and O–H groups in total. The molecule has 2 nitrogen and oxygen atoms in total. The topological polar surface area (TPSA) is 29.1 Å². The molecule has 0 spiro atoms. The minimum Gasteiger partial charge on any atom is -0.351 e. The van der Waals surface area contributed by atoms with Crippen molar-refractivity contribution in [2.45, 2.75) is 5.75 Å². The zero-order chi connectivity index (χ0) is 15.1. The number of rotatable bonds is 6. The Labute approximate surface area is 132 Å². The first kappa shape index (κ1) is 15.9. The van der Waals surface area contributed by atoms with Gasteiger partial charge < -0.3 is 5.32 Å². The molecule has 0 atom stereocenters. The molecule has 0 saturated heterocycles. The lowest BCUT2D eigenvalue weighted by molar-refractivity contribution is 0.0952. The largest absolute Gasteiger partial charge is 0.351 e. The summed E-state index contributed by atoms with van der Waals surface area (Å²) in [4.78, 5) is 11.8. The number of nitrogens with one attached hydrogen (secondary N) is 1. The molecule has 2 aromatic rings. The van der Waals surface area contributed by atoms with Crippen LogP contribution in [0.1, 0.15) is 15.9 Å². The molecular weight excluding hydrogens is 309 g/mol. The zero-order valence-corrected chi connectivity index (χ0v) is 12.9. The number of carbonyl (C=O) groups is 1. The van der Waals surface area contributed by atoms with E-state index in [9.17, 15) is 9.18 Å². The molecule has 0 saturated carbocycles. The van der Waals surface area contributed by atoms with E-state index >= 15 is 0 Å². The lowest BCUT2D eigenvalue weighted by Gasteiger charge is -2.06. The Morgan fingerprint density at radius 3 is 2.67 bits per heavy atom. The molecule has 0 bridgehead atoms. The number of hydrogen-bond acceptors (Lipinski definition) is 2. The first-order valence-corrected chi connectivity index (χ1v) is 8.05. The van der Waals surface area contributed by atoms with Gasteiger partial charge in [0, 0.05) is 23.1 Å². The van der Waals surface area contributed by atoms with Crippen molar-refractivity contribution in [2.75, 3.05) is 12.3 Å². The quantitative estimate of drug-likeness (QED) is 0.809. The highest BCUT2D eigenvalue weighted by Gasteiger charge is 2.11. The smallest absolute Gasteiger partial charge is 0.254 e. The molecule has 0 aromatic heterocycles. The van der Waals surface area contributed by atoms with Gasteiger partial charge in [0.25, 0.3) is 5.91 Å². The fourth-order valence-electron chi connectivity index (χ4n) is 1.77. The van der Waals surface area contributed by atoms with E-state index in [1.165, 1.54) is 17.7 Å². The number of carbonyl (C=O) groups excluding carboxylic acids is 1. The van der Waals surface area contributed by atoms with Gasteiger partial charge in [-0.2, -0.15) is 11.8 Å². The summed E-state index contributed by atoms with van der Waals surface area (Å²) in [5.74, 6) is 0.656. The van der Waals surface area contributed by atoms with Crippen LogP contribution in [0, 0.1) is 5.82 Å². The molecule has 0 radical (unpaired) electrons. The van der Waals surface area contributed by atoms with Crippen molar-refractivity contribution in [3.63, 3.8) is 0 Å². The SMILES string of the molecule is O=C(NCCSCc1ccccc1)c1ccc(Cl)cc1F. The molecule has 0 heterocycles. The Morgan fingerprint density at radius 2 is 1.95 bits per heavy atom. The Kier molecular flexibility index (Phi) is 6.08. The average Bonchev–Trinajstić information content (AvgIpc) is 2.47. The van der Waals surface area contributed by atoms with Crippen LogP contribution < -0.4 is 5.32 Å². The standard InChI is InChI=1S/C16H15ClFNOS/c17-13-6-7-14(15(18)10-13)16(20)19-8-9-21-11-12-4-2-1-3-5-12/h1-7,10H,8-9,11H2,(H,19,20). The molecule has 1 amide bonds. The van der Waals surface area contributed by atoms with Crippen molar-refractivity contribution in [1.29, 1.82) is 0 Å². The second-order valence-corrected chi connectivity index (χ2v) is 5.96. The van der Waals surface area contributed by atoms with E-state index in [0.717, 1.165) is 17.6 Å². The van der Waals surface area contributed by atoms with E-state index in [1.54, 1.807) is 11.8 Å². The van der Waals surface area contributed by atoms with Crippen LogP contribution in [-0.4, -0.2) is 18.2 Å². The van der Waals surface area contributed by atoms with Gasteiger partial charge in [0.15, 0.2) is 0 Å². The lowest BCUT2D eigenvalue weighted by atomic mass is 10.2. The van der Waals surface area contributed by atoms with Crippen LogP contribution in [-0.2, 0) is 5.75 Å². The molecule has 5 heteroatoms. The summed E-state index contributed by atoms with van der Waals surface area (Å²) < 4.78 is 13.5. The van der Waals surface area contributed by atoms with Crippen LogP contribution in [0.4, 0.5) is 4.39 Å². The highest BCUT2D eigenvalue weighted by Crippen LogP contribution is 2.15. The number of thioether (sulfide) groups is 1. The fourth-order valence-corrected chi connectivity index (χ4v) is 2.75. The maximum atomic E-state index is 13.5. The van der Waals surface area contributed by atoms with Gasteiger partial charge in [-0.3, -0.25) is 4.79 Å². The van der Waals surface area contributed by atoms with Gasteiger partial charge in [-0.05, 0) is 23.8 Å². The van der Waals surface area contributed by atoms with Crippen LogP contribution in [0.5, 0.6) is 0 Å². The van der Waals surface area contributed by atoms with Gasteiger partial charge in [0.2, 0.25) is 0 Å². The molecule has 0 aliphatic rings. The van der Waals surface area contributed by atoms with Crippen molar-refractivity contribution < 1.29 is 9.18 Å². The van der Waals surface area contributed by atoms with Crippen molar-refractivity contribution in [3.8, 4) is 0 Å². The predicted molar refractivity (Wildman–Crippen MR) is 86.3 cm³/mol. The van der Waals surface area contributed by atoms with Gasteiger partial charge in [0.1, 0.15) is 5.82 Å². The third kappa shape index (κ3) is 5.06. The molecule has 2 aromatic carbocycles. The molecule has 0 fully saturated rings. The van der Waals surface area contributed by atoms with E-state index < -0.39 is 11.7 Å². The van der Waals surface area contributed by atoms with Gasteiger partial charge in [-0.25, -0.2) is 4.39 Å². The normalized spacial score (nSPS) is 10.4. The summed E-state index contributed by atoms with van der Waals surface area (Å²) in [6.07, 6.45) is 0. The van der Waals surface area contributed by atoms with Crippen LogP contribution in [0.3, 0.4) is 0 Å². The first-order valence-electron chi connectivity index (χ1n) is 6.52.